The Kier molecular flexibility index (Phi) is 11.2. The lowest BCUT2D eigenvalue weighted by Gasteiger charge is -2.29. The van der Waals surface area contributed by atoms with Crippen molar-refractivity contribution in [3.63, 3.8) is 0 Å². The number of Topliss-reactive ketones (excluding diaryl/α,β-unsaturated/α-hetero) is 1. The fourth-order valence-corrected chi connectivity index (χ4v) is 4.75. The molecule has 1 aliphatic carbocycles. The molecule has 9 heteroatoms. The van der Waals surface area contributed by atoms with E-state index in [4.69, 9.17) is 23.7 Å². The van der Waals surface area contributed by atoms with Crippen molar-refractivity contribution in [2.75, 3.05) is 27.9 Å². The Morgan fingerprint density at radius 1 is 1.12 bits per heavy atom. The summed E-state index contributed by atoms with van der Waals surface area (Å²) < 4.78 is 26.4. The van der Waals surface area contributed by atoms with Crippen LogP contribution >= 0.6 is 0 Å². The molecular formula is C25H38O9. The van der Waals surface area contributed by atoms with E-state index in [-0.39, 0.29) is 18.8 Å². The maximum Gasteiger partial charge on any atom is 0.320 e. The topological polar surface area (TPSA) is 114 Å². The third kappa shape index (κ3) is 6.66. The van der Waals surface area contributed by atoms with E-state index in [1.807, 2.05) is 6.08 Å². The number of carbonyl (C=O) groups excluding carboxylic acids is 4. The Morgan fingerprint density at radius 3 is 2.47 bits per heavy atom. The largest absolute Gasteiger partial charge is 0.469 e. The summed E-state index contributed by atoms with van der Waals surface area (Å²) in [5.74, 6) is -4.99. The maximum atomic E-state index is 13.4. The van der Waals surface area contributed by atoms with Crippen LogP contribution in [0.5, 0.6) is 0 Å². The predicted octanol–water partition coefficient (Wildman–Crippen LogP) is 3.14. The lowest BCUT2D eigenvalue weighted by Crippen LogP contribution is -2.45. The molecule has 1 aliphatic heterocycles. The third-order valence-corrected chi connectivity index (χ3v) is 6.68. The van der Waals surface area contributed by atoms with Gasteiger partial charge in [0.2, 0.25) is 0 Å². The van der Waals surface area contributed by atoms with Crippen molar-refractivity contribution in [1.29, 1.82) is 0 Å². The van der Waals surface area contributed by atoms with Crippen LogP contribution in [-0.4, -0.2) is 64.0 Å². The summed E-state index contributed by atoms with van der Waals surface area (Å²) in [6.45, 7) is 2.77. The lowest BCUT2D eigenvalue weighted by atomic mass is 9.73. The molecule has 0 spiro atoms. The molecule has 1 saturated heterocycles. The van der Waals surface area contributed by atoms with Gasteiger partial charge in [0.1, 0.15) is 11.3 Å². The third-order valence-electron chi connectivity index (χ3n) is 6.68. The fourth-order valence-electron chi connectivity index (χ4n) is 4.75. The van der Waals surface area contributed by atoms with Gasteiger partial charge in [0.05, 0.1) is 33.9 Å². The molecule has 3 unspecified atom stereocenters. The SMILES string of the molecule is CCCCCC(C=CC1C[C@@H](C(=O)OC)C(=O)[C@]1(CC(=O)OC)C(=O)OC)OC1CCCCO1. The van der Waals surface area contributed by atoms with Crippen LogP contribution < -0.4 is 0 Å². The van der Waals surface area contributed by atoms with Gasteiger partial charge in [0, 0.05) is 12.5 Å². The molecule has 1 heterocycles. The molecule has 0 aromatic rings. The van der Waals surface area contributed by atoms with Crippen molar-refractivity contribution >= 4 is 23.7 Å². The summed E-state index contributed by atoms with van der Waals surface area (Å²) in [4.78, 5) is 50.9. The van der Waals surface area contributed by atoms with Gasteiger partial charge in [-0.1, -0.05) is 38.3 Å². The quantitative estimate of drug-likeness (QED) is 0.136. The second-order valence-electron chi connectivity index (χ2n) is 8.85. The molecule has 0 radical (unpaired) electrons. The molecule has 2 rings (SSSR count). The van der Waals surface area contributed by atoms with E-state index >= 15 is 0 Å². The van der Waals surface area contributed by atoms with Gasteiger partial charge in [-0.15, -0.1) is 0 Å². The number of esters is 3. The monoisotopic (exact) mass is 482 g/mol. The van der Waals surface area contributed by atoms with E-state index in [1.165, 1.54) is 14.2 Å². The van der Waals surface area contributed by atoms with Crippen LogP contribution in [0.4, 0.5) is 0 Å². The number of rotatable bonds is 12. The summed E-state index contributed by atoms with van der Waals surface area (Å²) in [6.07, 6.45) is 9.04. The van der Waals surface area contributed by atoms with Crippen LogP contribution in [0, 0.1) is 17.3 Å². The molecule has 0 aromatic carbocycles. The van der Waals surface area contributed by atoms with Crippen LogP contribution in [0.2, 0.25) is 0 Å². The zero-order valence-electron chi connectivity index (χ0n) is 20.7. The average molecular weight is 483 g/mol. The first kappa shape index (κ1) is 28.0. The Bertz CT molecular complexity index is 741. The second kappa shape index (κ2) is 13.6. The van der Waals surface area contributed by atoms with E-state index in [0.29, 0.717) is 6.61 Å². The Labute approximate surface area is 201 Å². The van der Waals surface area contributed by atoms with Crippen LogP contribution in [0.25, 0.3) is 0 Å². The fraction of sp³-hybridized carbons (Fsp3) is 0.760. The second-order valence-corrected chi connectivity index (χ2v) is 8.85. The first-order chi connectivity index (χ1) is 16.3. The minimum Gasteiger partial charge on any atom is -0.469 e. The van der Waals surface area contributed by atoms with Gasteiger partial charge < -0.3 is 23.7 Å². The van der Waals surface area contributed by atoms with Crippen molar-refractivity contribution in [2.45, 2.75) is 77.1 Å². The number of hydrogen-bond acceptors (Lipinski definition) is 9. The van der Waals surface area contributed by atoms with E-state index in [1.54, 1.807) is 6.08 Å². The standard InChI is InChI=1S/C25H38O9/c1-5-6-7-10-18(34-21-11-8-9-14-33-21)13-12-17-15-19(23(28)31-3)22(27)25(17,24(29)32-4)16-20(26)30-2/h12-13,17-19,21H,5-11,14-16H2,1-4H3/t17?,18?,19-,21?,25-/m1/s1. The van der Waals surface area contributed by atoms with Crippen molar-refractivity contribution in [3.05, 3.63) is 12.2 Å². The predicted molar refractivity (Wildman–Crippen MR) is 121 cm³/mol. The summed E-state index contributed by atoms with van der Waals surface area (Å²) in [5, 5.41) is 0. The highest BCUT2D eigenvalue weighted by atomic mass is 16.7. The number of hydrogen-bond donors (Lipinski definition) is 0. The van der Waals surface area contributed by atoms with Crippen LogP contribution in [0.3, 0.4) is 0 Å². The highest BCUT2D eigenvalue weighted by Gasteiger charge is 2.62. The number of unbranched alkanes of at least 4 members (excludes halogenated alkanes) is 2. The van der Waals surface area contributed by atoms with Crippen LogP contribution in [-0.2, 0) is 42.9 Å². The zero-order chi connectivity index (χ0) is 25.1. The van der Waals surface area contributed by atoms with Gasteiger partial charge in [-0.25, -0.2) is 0 Å². The molecule has 192 valence electrons. The van der Waals surface area contributed by atoms with E-state index in [2.05, 4.69) is 6.92 Å². The zero-order valence-corrected chi connectivity index (χ0v) is 20.7. The van der Waals surface area contributed by atoms with Crippen molar-refractivity contribution in [3.8, 4) is 0 Å². The van der Waals surface area contributed by atoms with Gasteiger partial charge in [-0.05, 0) is 32.1 Å². The van der Waals surface area contributed by atoms with E-state index < -0.39 is 47.4 Å². The Hall–Kier alpha value is -2.26. The Balaban J connectivity index is 2.36. The molecule has 1 saturated carbocycles. The first-order valence-corrected chi connectivity index (χ1v) is 12.1. The smallest absolute Gasteiger partial charge is 0.320 e. The highest BCUT2D eigenvalue weighted by Crippen LogP contribution is 2.48. The van der Waals surface area contributed by atoms with Crippen molar-refractivity contribution in [2.24, 2.45) is 17.3 Å². The molecule has 0 aromatic heterocycles. The molecule has 2 aliphatic rings. The highest BCUT2D eigenvalue weighted by molar-refractivity contribution is 6.15. The minimum absolute atomic E-state index is 0.0235. The summed E-state index contributed by atoms with van der Waals surface area (Å²) >= 11 is 0. The van der Waals surface area contributed by atoms with Crippen molar-refractivity contribution in [1.82, 2.24) is 0 Å². The van der Waals surface area contributed by atoms with Gasteiger partial charge >= 0.3 is 17.9 Å². The average Bonchev–Trinajstić information content (AvgIpc) is 3.13. The van der Waals surface area contributed by atoms with Gasteiger partial charge in [-0.3, -0.25) is 19.2 Å². The number of ketones is 1. The summed E-state index contributed by atoms with van der Waals surface area (Å²) in [6, 6.07) is 0. The first-order valence-electron chi connectivity index (χ1n) is 12.1. The molecule has 0 bridgehead atoms. The number of carbonyl (C=O) groups is 4. The number of methoxy groups -OCH3 is 3. The summed E-state index contributed by atoms with van der Waals surface area (Å²) in [7, 11) is 3.51. The van der Waals surface area contributed by atoms with Crippen LogP contribution in [0.1, 0.15) is 64.7 Å². The molecule has 5 atom stereocenters. The molecule has 0 N–H and O–H groups in total. The maximum absolute atomic E-state index is 13.4. The van der Waals surface area contributed by atoms with Gasteiger partial charge in [0.25, 0.3) is 0 Å². The minimum atomic E-state index is -1.87. The molecule has 2 fully saturated rings. The van der Waals surface area contributed by atoms with Crippen molar-refractivity contribution < 1.29 is 42.9 Å². The molecule has 9 nitrogen and oxygen atoms in total. The molecular weight excluding hydrogens is 444 g/mol. The van der Waals surface area contributed by atoms with Gasteiger partial charge in [-0.2, -0.15) is 0 Å². The van der Waals surface area contributed by atoms with Gasteiger partial charge in [0.15, 0.2) is 12.1 Å². The van der Waals surface area contributed by atoms with Crippen LogP contribution in [0.15, 0.2) is 12.2 Å². The number of allylic oxidation sites excluding steroid dienone is 1. The van der Waals surface area contributed by atoms with E-state index in [0.717, 1.165) is 52.1 Å². The summed E-state index contributed by atoms with van der Waals surface area (Å²) in [5.41, 5.74) is -1.87. The lowest BCUT2D eigenvalue weighted by molar-refractivity contribution is -0.179. The molecule has 0 amide bonds. The Morgan fingerprint density at radius 2 is 1.88 bits per heavy atom. The number of ether oxygens (including phenoxy) is 5. The molecule has 34 heavy (non-hydrogen) atoms. The van der Waals surface area contributed by atoms with E-state index in [9.17, 15) is 19.2 Å². The normalized spacial score (nSPS) is 28.0.